The van der Waals surface area contributed by atoms with E-state index in [1.165, 1.54) is 29.9 Å². The van der Waals surface area contributed by atoms with Crippen molar-refractivity contribution in [1.29, 1.82) is 0 Å². The van der Waals surface area contributed by atoms with Crippen LogP contribution in [0, 0.1) is 0 Å². The van der Waals surface area contributed by atoms with E-state index >= 15 is 0 Å². The highest BCUT2D eigenvalue weighted by Crippen LogP contribution is 2.13. The third-order valence-electron chi connectivity index (χ3n) is 2.80. The van der Waals surface area contributed by atoms with E-state index in [0.717, 1.165) is 0 Å². The summed E-state index contributed by atoms with van der Waals surface area (Å²) < 4.78 is 0. The predicted octanol–water partition coefficient (Wildman–Crippen LogP) is 3.80. The zero-order chi connectivity index (χ0) is 11.8. The predicted molar refractivity (Wildman–Crippen MR) is 77.7 cm³/mol. The van der Waals surface area contributed by atoms with E-state index in [-0.39, 0.29) is 0 Å². The van der Waals surface area contributed by atoms with Crippen LogP contribution in [0.4, 0.5) is 0 Å². The maximum absolute atomic E-state index is 3.73. The van der Waals surface area contributed by atoms with Crippen molar-refractivity contribution in [3.8, 4) is 0 Å². The summed E-state index contributed by atoms with van der Waals surface area (Å²) in [5.41, 5.74) is 0. The van der Waals surface area contributed by atoms with Crippen molar-refractivity contribution in [3.63, 3.8) is 0 Å². The molecule has 1 rings (SSSR count). The Morgan fingerprint density at radius 2 is 2.31 bits per heavy atom. The molecule has 2 atom stereocenters. The number of nitrogens with one attached hydrogen (secondary N) is 1. The Balaban J connectivity index is 2.31. The van der Waals surface area contributed by atoms with Crippen LogP contribution < -0.4 is 5.32 Å². The molecule has 92 valence electrons. The fourth-order valence-electron chi connectivity index (χ4n) is 1.77. The van der Waals surface area contributed by atoms with Crippen LogP contribution in [0.5, 0.6) is 0 Å². The van der Waals surface area contributed by atoms with Gasteiger partial charge in [0.15, 0.2) is 0 Å². The topological polar surface area (TPSA) is 12.0 Å². The third kappa shape index (κ3) is 5.37. The Hall–Kier alpha value is 0.01000. The van der Waals surface area contributed by atoms with Gasteiger partial charge in [0.05, 0.1) is 0 Å². The van der Waals surface area contributed by atoms with Gasteiger partial charge in [0.2, 0.25) is 0 Å². The monoisotopic (exact) mass is 257 g/mol. The molecule has 1 heterocycles. The van der Waals surface area contributed by atoms with Gasteiger partial charge >= 0.3 is 0 Å². The van der Waals surface area contributed by atoms with Gasteiger partial charge in [0.25, 0.3) is 0 Å². The molecule has 0 amide bonds. The van der Waals surface area contributed by atoms with Gasteiger partial charge in [-0.15, -0.1) is 11.3 Å². The average molecular weight is 257 g/mol. The Morgan fingerprint density at radius 1 is 1.50 bits per heavy atom. The highest BCUT2D eigenvalue weighted by Gasteiger charge is 2.11. The highest BCUT2D eigenvalue weighted by atomic mass is 32.2. The first-order valence-electron chi connectivity index (χ1n) is 6.03. The zero-order valence-corrected chi connectivity index (χ0v) is 12.2. The summed E-state index contributed by atoms with van der Waals surface area (Å²) >= 11 is 3.80. The number of thiophene rings is 1. The van der Waals surface area contributed by atoms with E-state index in [4.69, 9.17) is 0 Å². The second-order valence-corrected chi connectivity index (χ2v) is 6.26. The number of thioether (sulfide) groups is 1. The minimum Gasteiger partial charge on any atom is -0.311 e. The van der Waals surface area contributed by atoms with Gasteiger partial charge in [-0.05, 0) is 49.6 Å². The van der Waals surface area contributed by atoms with Gasteiger partial charge < -0.3 is 5.32 Å². The summed E-state index contributed by atoms with van der Waals surface area (Å²) in [6.07, 6.45) is 5.83. The molecule has 0 fully saturated rings. The molecule has 0 saturated carbocycles. The molecule has 0 radical (unpaired) electrons. The van der Waals surface area contributed by atoms with Crippen LogP contribution in [-0.2, 0) is 6.42 Å². The van der Waals surface area contributed by atoms with Crippen LogP contribution in [-0.4, -0.2) is 24.1 Å². The van der Waals surface area contributed by atoms with Gasteiger partial charge in [0.1, 0.15) is 0 Å². The van der Waals surface area contributed by atoms with Crippen molar-refractivity contribution < 1.29 is 0 Å². The SMILES string of the molecule is CCC(Cc1cccs1)NC(C)CCSC. The van der Waals surface area contributed by atoms with E-state index in [1.807, 2.05) is 23.1 Å². The van der Waals surface area contributed by atoms with Crippen LogP contribution >= 0.6 is 23.1 Å². The second kappa shape index (κ2) is 8.15. The Morgan fingerprint density at radius 3 is 2.88 bits per heavy atom. The first-order chi connectivity index (χ1) is 7.76. The highest BCUT2D eigenvalue weighted by molar-refractivity contribution is 7.98. The van der Waals surface area contributed by atoms with Gasteiger partial charge in [-0.1, -0.05) is 13.0 Å². The lowest BCUT2D eigenvalue weighted by Crippen LogP contribution is -2.37. The van der Waals surface area contributed by atoms with Crippen LogP contribution in [0.15, 0.2) is 17.5 Å². The van der Waals surface area contributed by atoms with Gasteiger partial charge in [-0.2, -0.15) is 11.8 Å². The van der Waals surface area contributed by atoms with Crippen molar-refractivity contribution >= 4 is 23.1 Å². The van der Waals surface area contributed by atoms with E-state index in [1.54, 1.807) is 0 Å². The normalized spacial score (nSPS) is 14.9. The molecular weight excluding hydrogens is 234 g/mol. The van der Waals surface area contributed by atoms with Gasteiger partial charge in [-0.25, -0.2) is 0 Å². The Kier molecular flexibility index (Phi) is 7.17. The molecule has 0 bridgehead atoms. The lowest BCUT2D eigenvalue weighted by molar-refractivity contribution is 0.427. The van der Waals surface area contributed by atoms with E-state index in [0.29, 0.717) is 12.1 Å². The summed E-state index contributed by atoms with van der Waals surface area (Å²) in [5.74, 6) is 1.25. The van der Waals surface area contributed by atoms with Crippen molar-refractivity contribution in [2.75, 3.05) is 12.0 Å². The van der Waals surface area contributed by atoms with Crippen LogP contribution in [0.3, 0.4) is 0 Å². The van der Waals surface area contributed by atoms with Gasteiger partial charge in [0, 0.05) is 17.0 Å². The van der Waals surface area contributed by atoms with Crippen molar-refractivity contribution in [2.45, 2.75) is 45.2 Å². The molecule has 3 heteroatoms. The van der Waals surface area contributed by atoms with E-state index < -0.39 is 0 Å². The molecule has 2 unspecified atom stereocenters. The van der Waals surface area contributed by atoms with E-state index in [2.05, 4.69) is 42.9 Å². The molecule has 0 saturated heterocycles. The molecule has 0 aliphatic carbocycles. The van der Waals surface area contributed by atoms with Gasteiger partial charge in [-0.3, -0.25) is 0 Å². The molecule has 0 aliphatic heterocycles. The summed E-state index contributed by atoms with van der Waals surface area (Å²) in [7, 11) is 0. The maximum Gasteiger partial charge on any atom is 0.0115 e. The Bertz CT molecular complexity index is 259. The molecule has 0 aromatic carbocycles. The Labute approximate surface area is 108 Å². The molecule has 1 aromatic heterocycles. The average Bonchev–Trinajstić information content (AvgIpc) is 2.78. The summed E-state index contributed by atoms with van der Waals surface area (Å²) in [6, 6.07) is 5.65. The quantitative estimate of drug-likeness (QED) is 0.760. The molecule has 1 nitrogen and oxygen atoms in total. The number of hydrogen-bond acceptors (Lipinski definition) is 3. The number of rotatable bonds is 8. The lowest BCUT2D eigenvalue weighted by Gasteiger charge is -2.21. The van der Waals surface area contributed by atoms with E-state index in [9.17, 15) is 0 Å². The minimum atomic E-state index is 0.635. The summed E-state index contributed by atoms with van der Waals surface area (Å²) in [6.45, 7) is 4.57. The molecule has 16 heavy (non-hydrogen) atoms. The van der Waals surface area contributed by atoms with Crippen molar-refractivity contribution in [3.05, 3.63) is 22.4 Å². The summed E-state index contributed by atoms with van der Waals surface area (Å²) in [4.78, 5) is 1.50. The molecular formula is C13H23NS2. The second-order valence-electron chi connectivity index (χ2n) is 4.24. The lowest BCUT2D eigenvalue weighted by atomic mass is 10.1. The standard InChI is InChI=1S/C13H23NS2/c1-4-12(10-13-6-5-8-16-13)14-11(2)7-9-15-3/h5-6,8,11-12,14H,4,7,9-10H2,1-3H3. The smallest absolute Gasteiger partial charge is 0.0115 e. The summed E-state index contributed by atoms with van der Waals surface area (Å²) in [5, 5.41) is 5.90. The first kappa shape index (κ1) is 14.1. The fourth-order valence-corrected chi connectivity index (χ4v) is 3.15. The zero-order valence-electron chi connectivity index (χ0n) is 10.5. The fraction of sp³-hybridized carbons (Fsp3) is 0.692. The molecule has 1 aromatic rings. The van der Waals surface area contributed by atoms with Crippen molar-refractivity contribution in [2.24, 2.45) is 0 Å². The largest absolute Gasteiger partial charge is 0.311 e. The molecule has 0 spiro atoms. The van der Waals surface area contributed by atoms with Crippen LogP contribution in [0.1, 0.15) is 31.6 Å². The number of hydrogen-bond donors (Lipinski definition) is 1. The third-order valence-corrected chi connectivity index (χ3v) is 4.34. The minimum absolute atomic E-state index is 0.635. The molecule has 0 aliphatic rings. The first-order valence-corrected chi connectivity index (χ1v) is 8.31. The maximum atomic E-state index is 3.73. The van der Waals surface area contributed by atoms with Crippen LogP contribution in [0.25, 0.3) is 0 Å². The molecule has 1 N–H and O–H groups in total. The van der Waals surface area contributed by atoms with Crippen molar-refractivity contribution in [1.82, 2.24) is 5.32 Å². The van der Waals surface area contributed by atoms with Crippen LogP contribution in [0.2, 0.25) is 0 Å².